The molecule has 0 unspecified atom stereocenters. The summed E-state index contributed by atoms with van der Waals surface area (Å²) in [5.41, 5.74) is 6.22. The Morgan fingerprint density at radius 2 is 1.67 bits per heavy atom. The Morgan fingerprint density at radius 1 is 0.962 bits per heavy atom. The van der Waals surface area contributed by atoms with Crippen LogP contribution in [0.1, 0.15) is 44.5 Å². The van der Waals surface area contributed by atoms with E-state index in [-0.39, 0.29) is 29.6 Å². The smallest absolute Gasteiger partial charge is 0.316 e. The quantitative estimate of drug-likeness (QED) is 0.186. The highest BCUT2D eigenvalue weighted by Gasteiger charge is 2.31. The summed E-state index contributed by atoms with van der Waals surface area (Å²) < 4.78 is 13.1. The van der Waals surface area contributed by atoms with E-state index in [9.17, 15) is 14.7 Å². The molecule has 2 amide bonds. The van der Waals surface area contributed by atoms with Crippen LogP contribution in [0.4, 0.5) is 11.4 Å². The summed E-state index contributed by atoms with van der Waals surface area (Å²) in [6, 6.07) is 21.9. The lowest BCUT2D eigenvalue weighted by Crippen LogP contribution is -2.42. The fourth-order valence-corrected chi connectivity index (χ4v) is 7.06. The van der Waals surface area contributed by atoms with E-state index in [0.29, 0.717) is 70.8 Å². The van der Waals surface area contributed by atoms with Gasteiger partial charge in [0.05, 0.1) is 36.9 Å². The zero-order valence-electron chi connectivity index (χ0n) is 29.5. The van der Waals surface area contributed by atoms with Crippen LogP contribution >= 0.6 is 11.6 Å². The van der Waals surface area contributed by atoms with Crippen LogP contribution in [0.15, 0.2) is 85.2 Å². The Balaban J connectivity index is 1.19. The second kappa shape index (κ2) is 15.2. The van der Waals surface area contributed by atoms with Crippen molar-refractivity contribution < 1.29 is 24.2 Å². The van der Waals surface area contributed by atoms with Crippen LogP contribution in [-0.2, 0) is 24.8 Å². The maximum atomic E-state index is 14.6. The van der Waals surface area contributed by atoms with Crippen LogP contribution < -0.4 is 9.64 Å². The summed E-state index contributed by atoms with van der Waals surface area (Å²) in [6.45, 7) is 8.72. The second-order valence-electron chi connectivity index (χ2n) is 13.2. The molecule has 52 heavy (non-hydrogen) atoms. The molecule has 0 spiro atoms. The van der Waals surface area contributed by atoms with E-state index in [1.807, 2.05) is 35.6 Å². The number of aromatic nitrogens is 3. The zero-order chi connectivity index (χ0) is 36.4. The van der Waals surface area contributed by atoms with Crippen LogP contribution in [0.5, 0.6) is 11.8 Å². The van der Waals surface area contributed by atoms with Gasteiger partial charge in [-0.05, 0) is 79.9 Å². The monoisotopic (exact) mass is 720 g/mol. The highest BCUT2D eigenvalue weighted by molar-refractivity contribution is 6.31. The van der Waals surface area contributed by atoms with Gasteiger partial charge in [-0.25, -0.2) is 9.97 Å². The van der Waals surface area contributed by atoms with Crippen molar-refractivity contribution in [2.45, 2.75) is 32.9 Å². The van der Waals surface area contributed by atoms with Gasteiger partial charge in [-0.15, -0.1) is 0 Å². The van der Waals surface area contributed by atoms with E-state index >= 15 is 0 Å². The van der Waals surface area contributed by atoms with Gasteiger partial charge in [-0.2, -0.15) is 0 Å². The highest BCUT2D eigenvalue weighted by Crippen LogP contribution is 2.35. The number of carbonyl (C=O) groups is 2. The standard InChI is InChI=1S/C40H41ClN6O5/c1-26-20-28-6-4-5-7-29(28)25-46(26)38(49)34-13-8-30(41)21-36(34)37-22-35(27(2)44(37)3)39(50)47(31-9-11-33(48)12-10-31)32-23-42-40(43-24-32)52-19-16-45-14-17-51-18-15-45/h4-13,21-24,26,48H,14-20,25H2,1-3H3/t26-/m1/s1. The van der Waals surface area contributed by atoms with Crippen molar-refractivity contribution in [1.82, 2.24) is 24.3 Å². The van der Waals surface area contributed by atoms with E-state index < -0.39 is 0 Å². The zero-order valence-corrected chi connectivity index (χ0v) is 30.2. The molecule has 1 N–H and O–H groups in total. The number of nitrogens with zero attached hydrogens (tertiary/aromatic N) is 6. The average molecular weight is 721 g/mol. The summed E-state index contributed by atoms with van der Waals surface area (Å²) in [5.74, 6) is -0.374. The average Bonchev–Trinajstić information content (AvgIpc) is 3.46. The number of hydrogen-bond donors (Lipinski definition) is 1. The van der Waals surface area contributed by atoms with E-state index in [0.717, 1.165) is 31.6 Å². The topological polar surface area (TPSA) is 113 Å². The van der Waals surface area contributed by atoms with Crippen molar-refractivity contribution >= 4 is 34.8 Å². The Bertz CT molecular complexity index is 2080. The number of aromatic hydroxyl groups is 1. The summed E-state index contributed by atoms with van der Waals surface area (Å²) in [5, 5.41) is 10.5. The van der Waals surface area contributed by atoms with Crippen molar-refractivity contribution in [2.24, 2.45) is 7.05 Å². The highest BCUT2D eigenvalue weighted by atomic mass is 35.5. The van der Waals surface area contributed by atoms with Crippen LogP contribution in [0.3, 0.4) is 0 Å². The second-order valence-corrected chi connectivity index (χ2v) is 13.7. The van der Waals surface area contributed by atoms with Gasteiger partial charge in [0.15, 0.2) is 0 Å². The minimum absolute atomic E-state index is 0.000795. The number of carbonyl (C=O) groups excluding carboxylic acids is 2. The minimum Gasteiger partial charge on any atom is -0.508 e. The first-order valence-corrected chi connectivity index (χ1v) is 17.8. The molecule has 11 nitrogen and oxygen atoms in total. The van der Waals surface area contributed by atoms with Gasteiger partial charge in [0.2, 0.25) is 0 Å². The van der Waals surface area contributed by atoms with E-state index in [1.165, 1.54) is 22.6 Å². The molecule has 2 aromatic heterocycles. The molecule has 2 aliphatic heterocycles. The number of phenols is 1. The van der Waals surface area contributed by atoms with Crippen LogP contribution in [0.2, 0.25) is 5.02 Å². The molecular weight excluding hydrogens is 680 g/mol. The van der Waals surface area contributed by atoms with E-state index in [1.54, 1.807) is 48.8 Å². The molecule has 268 valence electrons. The largest absolute Gasteiger partial charge is 0.508 e. The fraction of sp³-hybridized carbons (Fsp3) is 0.300. The van der Waals surface area contributed by atoms with Crippen molar-refractivity contribution in [3.63, 3.8) is 0 Å². The van der Waals surface area contributed by atoms with Gasteiger partial charge in [0.1, 0.15) is 12.4 Å². The van der Waals surface area contributed by atoms with Crippen LogP contribution in [0, 0.1) is 6.92 Å². The molecule has 0 radical (unpaired) electrons. The van der Waals surface area contributed by atoms with Gasteiger partial charge in [0.25, 0.3) is 11.8 Å². The van der Waals surface area contributed by atoms with Crippen molar-refractivity contribution in [2.75, 3.05) is 44.4 Å². The van der Waals surface area contributed by atoms with Crippen molar-refractivity contribution in [3.8, 4) is 23.0 Å². The number of rotatable bonds is 9. The van der Waals surface area contributed by atoms with Gasteiger partial charge in [-0.1, -0.05) is 35.9 Å². The van der Waals surface area contributed by atoms with Gasteiger partial charge < -0.3 is 24.0 Å². The number of morpholine rings is 1. The molecule has 4 heterocycles. The number of hydrogen-bond acceptors (Lipinski definition) is 8. The number of ether oxygens (including phenoxy) is 2. The molecule has 0 aliphatic carbocycles. The normalized spacial score (nSPS) is 16.0. The Labute approximate surface area is 308 Å². The Hall–Kier alpha value is -5.23. The molecule has 7 rings (SSSR count). The molecule has 3 aromatic carbocycles. The number of fused-ring (bicyclic) bond motifs is 1. The number of phenolic OH excluding ortho intramolecular Hbond substituents is 1. The number of anilines is 2. The lowest BCUT2D eigenvalue weighted by molar-refractivity contribution is 0.0317. The lowest BCUT2D eigenvalue weighted by atomic mass is 9.93. The third kappa shape index (κ3) is 7.25. The fourth-order valence-electron chi connectivity index (χ4n) is 6.89. The predicted molar refractivity (Wildman–Crippen MR) is 199 cm³/mol. The van der Waals surface area contributed by atoms with E-state index in [2.05, 4.69) is 33.9 Å². The first-order chi connectivity index (χ1) is 25.2. The van der Waals surface area contributed by atoms with Crippen molar-refractivity contribution in [3.05, 3.63) is 118 Å². The summed E-state index contributed by atoms with van der Waals surface area (Å²) in [4.78, 5) is 43.4. The molecule has 0 bridgehead atoms. The Kier molecular flexibility index (Phi) is 10.3. The minimum atomic E-state index is -0.342. The molecule has 1 atom stereocenters. The first kappa shape index (κ1) is 35.2. The van der Waals surface area contributed by atoms with Gasteiger partial charge >= 0.3 is 6.01 Å². The number of amides is 2. The summed E-state index contributed by atoms with van der Waals surface area (Å²) >= 11 is 6.56. The first-order valence-electron chi connectivity index (χ1n) is 17.4. The molecule has 1 saturated heterocycles. The third-order valence-corrected chi connectivity index (χ3v) is 10.2. The molecular formula is C40H41ClN6O5. The molecule has 5 aromatic rings. The summed E-state index contributed by atoms with van der Waals surface area (Å²) in [6.07, 6.45) is 3.87. The molecule has 2 aliphatic rings. The van der Waals surface area contributed by atoms with E-state index in [4.69, 9.17) is 21.1 Å². The molecule has 1 fully saturated rings. The maximum absolute atomic E-state index is 14.6. The number of halogens is 1. The Morgan fingerprint density at radius 3 is 2.40 bits per heavy atom. The SMILES string of the molecule is Cc1c(C(=O)N(c2ccc(O)cc2)c2cnc(OCCN3CCOCC3)nc2)cc(-c2cc(Cl)ccc2C(=O)N2Cc3ccccc3C[C@H]2C)n1C. The van der Waals surface area contributed by atoms with Gasteiger partial charge in [0, 0.05) is 72.5 Å². The van der Waals surface area contributed by atoms with Gasteiger partial charge in [-0.3, -0.25) is 19.4 Å². The van der Waals surface area contributed by atoms with Crippen molar-refractivity contribution in [1.29, 1.82) is 0 Å². The molecule has 0 saturated carbocycles. The summed E-state index contributed by atoms with van der Waals surface area (Å²) in [7, 11) is 1.87. The third-order valence-electron chi connectivity index (χ3n) is 9.95. The van der Waals surface area contributed by atoms with Crippen LogP contribution in [-0.4, -0.2) is 86.8 Å². The predicted octanol–water partition coefficient (Wildman–Crippen LogP) is 6.43. The maximum Gasteiger partial charge on any atom is 0.316 e. The number of benzene rings is 3. The molecule has 12 heteroatoms. The lowest BCUT2D eigenvalue weighted by Gasteiger charge is -2.35. The van der Waals surface area contributed by atoms with Crippen LogP contribution in [0.25, 0.3) is 11.3 Å².